The van der Waals surface area contributed by atoms with Gasteiger partial charge in [-0.05, 0) is 31.4 Å². The molecule has 0 saturated carbocycles. The number of benzene rings is 1. The Morgan fingerprint density at radius 1 is 1.14 bits per heavy atom. The molecule has 1 unspecified atom stereocenters. The molecule has 1 rings (SSSR count). The summed E-state index contributed by atoms with van der Waals surface area (Å²) in [6.45, 7) is 7.08. The first-order chi connectivity index (χ1) is 10.4. The second kappa shape index (κ2) is 9.01. The van der Waals surface area contributed by atoms with Crippen molar-refractivity contribution in [1.82, 2.24) is 8.61 Å². The van der Waals surface area contributed by atoms with Crippen molar-refractivity contribution < 1.29 is 8.42 Å². The van der Waals surface area contributed by atoms with Crippen molar-refractivity contribution in [3.8, 4) is 0 Å². The molecule has 0 aliphatic heterocycles. The van der Waals surface area contributed by atoms with Crippen molar-refractivity contribution >= 4 is 26.1 Å². The van der Waals surface area contributed by atoms with E-state index in [1.54, 1.807) is 11.4 Å². The summed E-state index contributed by atoms with van der Waals surface area (Å²) in [6.07, 6.45) is 2.64. The molecule has 1 atom stereocenters. The molecule has 4 nitrogen and oxygen atoms in total. The molecule has 0 aromatic heterocycles. The highest BCUT2D eigenvalue weighted by molar-refractivity contribution is 9.10. The van der Waals surface area contributed by atoms with Crippen molar-refractivity contribution in [2.75, 3.05) is 20.1 Å². The summed E-state index contributed by atoms with van der Waals surface area (Å²) in [5.41, 5.74) is 0.989. The smallest absolute Gasteiger partial charge is 0.195 e. The number of hydrogen-bond donors (Lipinski definition) is 0. The minimum atomic E-state index is -3.45. The molecule has 126 valence electrons. The van der Waals surface area contributed by atoms with Gasteiger partial charge in [-0.3, -0.25) is 0 Å². The molecule has 0 radical (unpaired) electrons. The third kappa shape index (κ3) is 4.78. The van der Waals surface area contributed by atoms with Gasteiger partial charge >= 0.3 is 0 Å². The van der Waals surface area contributed by atoms with Crippen molar-refractivity contribution in [2.24, 2.45) is 0 Å². The van der Waals surface area contributed by atoms with E-state index in [0.29, 0.717) is 13.1 Å². The molecule has 1 aromatic rings. The number of rotatable bonds is 9. The van der Waals surface area contributed by atoms with Crippen LogP contribution in [0, 0.1) is 0 Å². The van der Waals surface area contributed by atoms with Crippen molar-refractivity contribution in [1.29, 1.82) is 0 Å². The zero-order valence-corrected chi connectivity index (χ0v) is 16.3. The second-order valence-electron chi connectivity index (χ2n) is 5.49. The fourth-order valence-corrected chi connectivity index (χ4v) is 4.63. The highest BCUT2D eigenvalue weighted by Crippen LogP contribution is 2.30. The van der Waals surface area contributed by atoms with E-state index in [0.717, 1.165) is 29.3 Å². The maximum atomic E-state index is 12.9. The van der Waals surface area contributed by atoms with Crippen molar-refractivity contribution in [3.63, 3.8) is 0 Å². The molecule has 0 bridgehead atoms. The predicted octanol–water partition coefficient (Wildman–Crippen LogP) is 4.20. The van der Waals surface area contributed by atoms with Gasteiger partial charge in [-0.2, -0.15) is 17.0 Å². The molecule has 0 heterocycles. The molecule has 22 heavy (non-hydrogen) atoms. The van der Waals surface area contributed by atoms with Gasteiger partial charge < -0.3 is 0 Å². The largest absolute Gasteiger partial charge is 0.282 e. The second-order valence-corrected chi connectivity index (χ2v) is 8.33. The van der Waals surface area contributed by atoms with Gasteiger partial charge in [0.25, 0.3) is 10.2 Å². The first-order valence-corrected chi connectivity index (χ1v) is 10.0. The maximum Gasteiger partial charge on any atom is 0.282 e. The third-order valence-electron chi connectivity index (χ3n) is 3.75. The van der Waals surface area contributed by atoms with Crippen LogP contribution in [0.5, 0.6) is 0 Å². The Morgan fingerprint density at radius 3 is 2.32 bits per heavy atom. The van der Waals surface area contributed by atoms with Gasteiger partial charge in [0.05, 0.1) is 0 Å². The monoisotopic (exact) mass is 390 g/mol. The van der Waals surface area contributed by atoms with Gasteiger partial charge in [0.1, 0.15) is 0 Å². The summed E-state index contributed by atoms with van der Waals surface area (Å²) in [6, 6.07) is 7.59. The standard InChI is InChI=1S/C16H27BrN2O2S/c1-5-7-13-18(4)22(20,21)19(12-6-2)14(3)15-10-8-9-11-16(15)17/h8-11,14H,5-7,12-13H2,1-4H3. The Balaban J connectivity index is 3.09. The molecular weight excluding hydrogens is 364 g/mol. The van der Waals surface area contributed by atoms with Crippen molar-refractivity contribution in [3.05, 3.63) is 34.3 Å². The van der Waals surface area contributed by atoms with E-state index in [9.17, 15) is 8.42 Å². The molecule has 0 spiro atoms. The normalized spacial score (nSPS) is 13.8. The summed E-state index contributed by atoms with van der Waals surface area (Å²) in [5, 5.41) is 0. The van der Waals surface area contributed by atoms with Crippen LogP contribution in [0.4, 0.5) is 0 Å². The van der Waals surface area contributed by atoms with Crippen LogP contribution in [0.3, 0.4) is 0 Å². The lowest BCUT2D eigenvalue weighted by atomic mass is 10.1. The fourth-order valence-electron chi connectivity index (χ4n) is 2.37. The SMILES string of the molecule is CCCCN(C)S(=O)(=O)N(CCC)C(C)c1ccccc1Br. The van der Waals surface area contributed by atoms with Gasteiger partial charge in [0.15, 0.2) is 0 Å². The molecule has 6 heteroatoms. The van der Waals surface area contributed by atoms with E-state index in [-0.39, 0.29) is 6.04 Å². The number of hydrogen-bond acceptors (Lipinski definition) is 2. The van der Waals surface area contributed by atoms with Gasteiger partial charge in [-0.15, -0.1) is 0 Å². The lowest BCUT2D eigenvalue weighted by Crippen LogP contribution is -2.44. The summed E-state index contributed by atoms with van der Waals surface area (Å²) in [4.78, 5) is 0. The summed E-state index contributed by atoms with van der Waals surface area (Å²) < 4.78 is 29.8. The zero-order chi connectivity index (χ0) is 16.8. The van der Waals surface area contributed by atoms with E-state index >= 15 is 0 Å². The average Bonchev–Trinajstić information content (AvgIpc) is 2.49. The lowest BCUT2D eigenvalue weighted by molar-refractivity contribution is 0.307. The fraction of sp³-hybridized carbons (Fsp3) is 0.625. The third-order valence-corrected chi connectivity index (χ3v) is 6.53. The summed E-state index contributed by atoms with van der Waals surface area (Å²) in [5.74, 6) is 0. The Morgan fingerprint density at radius 2 is 1.77 bits per heavy atom. The minimum absolute atomic E-state index is 0.204. The van der Waals surface area contributed by atoms with Crippen LogP contribution in [0.1, 0.15) is 51.6 Å². The highest BCUT2D eigenvalue weighted by Gasteiger charge is 2.31. The first-order valence-electron chi connectivity index (χ1n) is 7.83. The van der Waals surface area contributed by atoms with Crippen molar-refractivity contribution in [2.45, 2.75) is 46.1 Å². The Bertz CT molecular complexity index is 563. The highest BCUT2D eigenvalue weighted by atomic mass is 79.9. The molecule has 0 fully saturated rings. The van der Waals surface area contributed by atoms with Gasteiger partial charge in [-0.25, -0.2) is 0 Å². The lowest BCUT2D eigenvalue weighted by Gasteiger charge is -2.32. The van der Waals surface area contributed by atoms with E-state index < -0.39 is 10.2 Å². The maximum absolute atomic E-state index is 12.9. The van der Waals surface area contributed by atoms with E-state index in [1.165, 1.54) is 4.31 Å². The number of unbranched alkanes of at least 4 members (excludes halogenated alkanes) is 1. The van der Waals surface area contributed by atoms with Crippen LogP contribution in [0.2, 0.25) is 0 Å². The Hall–Kier alpha value is -0.430. The van der Waals surface area contributed by atoms with Gasteiger partial charge in [0.2, 0.25) is 0 Å². The summed E-state index contributed by atoms with van der Waals surface area (Å²) in [7, 11) is -1.79. The van der Waals surface area contributed by atoms with Crippen LogP contribution >= 0.6 is 15.9 Å². The van der Waals surface area contributed by atoms with Crippen LogP contribution in [0.15, 0.2) is 28.7 Å². The molecule has 0 amide bonds. The van der Waals surface area contributed by atoms with Gasteiger partial charge in [0, 0.05) is 30.7 Å². The molecule has 0 aliphatic carbocycles. The molecule has 0 saturated heterocycles. The van der Waals surface area contributed by atoms with Crippen LogP contribution in [-0.4, -0.2) is 37.2 Å². The van der Waals surface area contributed by atoms with E-state index in [4.69, 9.17) is 0 Å². The molecule has 0 aliphatic rings. The molecule has 1 aromatic carbocycles. The predicted molar refractivity (Wildman–Crippen MR) is 96.0 cm³/mol. The first kappa shape index (κ1) is 19.6. The minimum Gasteiger partial charge on any atom is -0.195 e. The average molecular weight is 391 g/mol. The van der Waals surface area contributed by atoms with E-state index in [1.807, 2.05) is 38.1 Å². The van der Waals surface area contributed by atoms with Crippen LogP contribution in [-0.2, 0) is 10.2 Å². The summed E-state index contributed by atoms with van der Waals surface area (Å²) >= 11 is 3.53. The Labute approximate surface area is 143 Å². The Kier molecular flexibility index (Phi) is 8.03. The molecular formula is C16H27BrN2O2S. The van der Waals surface area contributed by atoms with E-state index in [2.05, 4.69) is 22.9 Å². The topological polar surface area (TPSA) is 40.6 Å². The zero-order valence-electron chi connectivity index (χ0n) is 13.9. The van der Waals surface area contributed by atoms with Crippen LogP contribution < -0.4 is 0 Å². The van der Waals surface area contributed by atoms with Crippen LogP contribution in [0.25, 0.3) is 0 Å². The molecule has 0 N–H and O–H groups in total. The quantitative estimate of drug-likeness (QED) is 0.633. The van der Waals surface area contributed by atoms with Gasteiger partial charge in [-0.1, -0.05) is 54.4 Å². The number of halogens is 1. The number of nitrogens with zero attached hydrogens (tertiary/aromatic N) is 2.